The van der Waals surface area contributed by atoms with Gasteiger partial charge in [0.15, 0.2) is 39.3 Å². The highest BCUT2D eigenvalue weighted by Crippen LogP contribution is 2.37. The summed E-state index contributed by atoms with van der Waals surface area (Å²) in [5.74, 6) is 0.486. The lowest BCUT2D eigenvalue weighted by Gasteiger charge is -2.13. The van der Waals surface area contributed by atoms with Crippen LogP contribution in [0.5, 0.6) is 0 Å². The first-order valence-corrected chi connectivity index (χ1v) is 48.0. The van der Waals surface area contributed by atoms with Crippen LogP contribution in [0.1, 0.15) is 155 Å². The van der Waals surface area contributed by atoms with Crippen molar-refractivity contribution in [1.29, 1.82) is 0 Å². The molecule has 0 saturated carbocycles. The molecule has 0 saturated heterocycles. The highest BCUT2D eigenvalue weighted by molar-refractivity contribution is 7.98. The number of aromatic nitrogens is 20. The van der Waals surface area contributed by atoms with Gasteiger partial charge in [0.2, 0.25) is 23.3 Å². The highest BCUT2D eigenvalue weighted by atomic mass is 32.2. The van der Waals surface area contributed by atoms with Crippen LogP contribution in [0.3, 0.4) is 0 Å². The number of esters is 3. The molecule has 0 radical (unpaired) electrons. The summed E-state index contributed by atoms with van der Waals surface area (Å²) in [5, 5.41) is 57.9. The quantitative estimate of drug-likeness (QED) is 0.0305. The summed E-state index contributed by atoms with van der Waals surface area (Å²) in [6.45, 7) is 26.3. The van der Waals surface area contributed by atoms with E-state index in [1.807, 2.05) is 304 Å². The number of methoxy groups -OCH3 is 1. The molecule has 0 fully saturated rings. The molecule has 145 heavy (non-hydrogen) atoms. The Morgan fingerprint density at radius 3 is 0.931 bits per heavy atom. The van der Waals surface area contributed by atoms with Crippen LogP contribution in [0.2, 0.25) is 0 Å². The number of thioether (sulfide) groups is 1. The van der Waals surface area contributed by atoms with E-state index in [1.165, 1.54) is 42.5 Å². The number of rotatable bonds is 25. The van der Waals surface area contributed by atoms with Crippen molar-refractivity contribution in [2.75, 3.05) is 25.9 Å². The monoisotopic (exact) mass is 1970 g/mol. The summed E-state index contributed by atoms with van der Waals surface area (Å²) >= 11 is 2.64. The Morgan fingerprint density at radius 1 is 0.338 bits per heavy atom. The van der Waals surface area contributed by atoms with Crippen molar-refractivity contribution in [1.82, 2.24) is 98.8 Å². The molecular weight excluding hydrogens is 1880 g/mol. The van der Waals surface area contributed by atoms with Crippen molar-refractivity contribution < 1.29 is 66.5 Å². The second-order valence-electron chi connectivity index (χ2n) is 34.0. The maximum atomic E-state index is 12.4. The van der Waals surface area contributed by atoms with Gasteiger partial charge < -0.3 is 42.5 Å². The largest absolute Gasteiger partial charge is 0.476 e. The number of aromatic carboxylic acids is 2. The Labute approximate surface area is 840 Å². The predicted octanol–water partition coefficient (Wildman–Crippen LogP) is 23.0. The predicted molar refractivity (Wildman–Crippen MR) is 548 cm³/mol. The van der Waals surface area contributed by atoms with Gasteiger partial charge in [-0.05, 0) is 180 Å². The molecule has 10 aromatic heterocycles. The van der Waals surface area contributed by atoms with E-state index in [1.54, 1.807) is 48.5 Å². The molecule has 0 atom stereocenters. The number of hydrogen-bond donors (Lipinski definition) is 2. The molecule has 10 heterocycles. The average Bonchev–Trinajstić information content (AvgIpc) is 1.65. The van der Waals surface area contributed by atoms with Crippen molar-refractivity contribution in [2.24, 2.45) is 0 Å². The van der Waals surface area contributed by atoms with E-state index < -0.39 is 29.8 Å². The van der Waals surface area contributed by atoms with Crippen LogP contribution < -0.4 is 0 Å². The van der Waals surface area contributed by atoms with E-state index >= 15 is 0 Å². The molecule has 10 aromatic carbocycles. The van der Waals surface area contributed by atoms with Crippen molar-refractivity contribution in [3.05, 3.63) is 357 Å². The molecule has 34 nitrogen and oxygen atoms in total. The Hall–Kier alpha value is -17.9. The summed E-state index contributed by atoms with van der Waals surface area (Å²) in [5.41, 5.74) is 22.0. The standard InChI is InChI=1S/C23H22N4O3.C22H20N4O3S.2C22H20N4O3.C20H16N4O2S/c1-14(2)17-10-5-6-11-19(17)27-20(13-18(25-27)23(28)29-4)22-24-21(26-30-22)16-9-7-8-15(3)12-16;1-14-7-6-9-16(11-14)20-23-21(29-25-20)19-12-17(22(27)28-13-30-3)24-26(19)18-10-5-4-8-15(18)2;1-13(2)16-9-4-5-10-18(16)26-19(12-17(24-26)22(27)28)21-23-20(25-29-21)15-8-6-7-14(3)11-15;1-4-28-22(27)17-13-19(26(24-17)18-11-6-5-9-15(18)3)21-23-20(25-29-21)16-10-7-8-14(2)12-16;1-12-6-5-8-14(10-12)18-21-19(27-23-18)17-11-15(20(25)26)22-24(17)16-9-4-3-7-13(16)2/h5-14H,1-4H3;4-12H,13H2,1-3H3;4-13H,1-3H3,(H,27,28);5-13H,4H2,1-3H3;3-11H,1-2H3,(H,25,26). The lowest BCUT2D eigenvalue weighted by atomic mass is 10.0. The summed E-state index contributed by atoms with van der Waals surface area (Å²) in [4.78, 5) is 82.6. The zero-order chi connectivity index (χ0) is 102. The SMILES string of the molecule is CCOC(=O)c1cc(-c2nc(-c3cccc(C)c3)no2)n(-c2ccccc2C)n1.COC(=O)c1cc(-c2nc(-c3cccc(C)c3)no2)n(-c2ccccc2C(C)C)n1.CSCOC(=O)c1cc(-c2nc(-c3cccc(C)c3)no2)n(-c2ccccc2C)n1.Cc1cccc(-c2noc(-c3cc(C(=O)O)nn3-c3ccccc3C(C)C)n2)c1.Cc1cccc(-c2nsc(-c3cc(C(=O)O)nn3-c3ccccc3C)n2)c1. The zero-order valence-corrected chi connectivity index (χ0v) is 83.2. The van der Waals surface area contributed by atoms with Crippen molar-refractivity contribution in [2.45, 2.75) is 102 Å². The van der Waals surface area contributed by atoms with Gasteiger partial charge in [-0.25, -0.2) is 52.4 Å². The molecule has 0 spiro atoms. The molecule has 0 amide bonds. The Balaban J connectivity index is 0.000000130. The third kappa shape index (κ3) is 23.2. The van der Waals surface area contributed by atoms with Gasteiger partial charge in [0, 0.05) is 58.1 Å². The van der Waals surface area contributed by atoms with E-state index in [-0.39, 0.29) is 76.4 Å². The minimum atomic E-state index is -1.12. The molecule has 0 aliphatic heterocycles. The number of aryl methyl sites for hydroxylation is 8. The fourth-order valence-corrected chi connectivity index (χ4v) is 16.4. The smallest absolute Gasteiger partial charge is 0.359 e. The maximum Gasteiger partial charge on any atom is 0.359 e. The maximum absolute atomic E-state index is 12.4. The Morgan fingerprint density at radius 2 is 0.621 bits per heavy atom. The van der Waals surface area contributed by atoms with Crippen molar-refractivity contribution in [3.8, 4) is 142 Å². The van der Waals surface area contributed by atoms with Gasteiger partial charge in [-0.1, -0.05) is 258 Å². The number of carbonyl (C=O) groups excluding carboxylic acids is 3. The number of para-hydroxylation sites is 5. The summed E-state index contributed by atoms with van der Waals surface area (Å²) < 4.78 is 49.9. The van der Waals surface area contributed by atoms with Crippen LogP contribution in [0.15, 0.2) is 291 Å². The highest BCUT2D eigenvalue weighted by Gasteiger charge is 2.30. The summed E-state index contributed by atoms with van der Waals surface area (Å²) in [6, 6.07) is 85.9. The second kappa shape index (κ2) is 45.1. The second-order valence-corrected chi connectivity index (χ2v) is 35.6. The average molecular weight is 1980 g/mol. The van der Waals surface area contributed by atoms with Crippen LogP contribution in [-0.4, -0.2) is 165 Å². The molecule has 2 N–H and O–H groups in total. The zero-order valence-electron chi connectivity index (χ0n) is 81.6. The van der Waals surface area contributed by atoms with Crippen LogP contribution in [0, 0.1) is 55.4 Å². The lowest BCUT2D eigenvalue weighted by molar-refractivity contribution is 0.0516. The lowest BCUT2D eigenvalue weighted by Crippen LogP contribution is -2.07. The number of benzene rings is 10. The van der Waals surface area contributed by atoms with E-state index in [2.05, 4.69) is 103 Å². The molecule has 730 valence electrons. The van der Waals surface area contributed by atoms with E-state index in [0.717, 1.165) is 112 Å². The molecular formula is C109H98N20O14S2. The molecule has 20 rings (SSSR count). The van der Waals surface area contributed by atoms with E-state index in [4.69, 9.17) is 32.3 Å². The fraction of sp³-hybridized carbons (Fsp3) is 0.174. The number of ether oxygens (including phenoxy) is 3. The molecule has 0 aliphatic carbocycles. The summed E-state index contributed by atoms with van der Waals surface area (Å²) in [7, 11) is 1.33. The first-order chi connectivity index (χ1) is 70.1. The van der Waals surface area contributed by atoms with Gasteiger partial charge in [0.25, 0.3) is 23.6 Å². The van der Waals surface area contributed by atoms with Gasteiger partial charge in [0.05, 0.1) is 42.2 Å². The minimum absolute atomic E-state index is 0.0273. The van der Waals surface area contributed by atoms with Crippen LogP contribution in [-0.2, 0) is 14.2 Å². The number of carbonyl (C=O) groups is 5. The molecule has 36 heteroatoms. The topological polar surface area (TPSA) is 424 Å². The number of nitrogens with zero attached hydrogens (tertiary/aromatic N) is 20. The van der Waals surface area contributed by atoms with Gasteiger partial charge in [-0.3, -0.25) is 0 Å². The number of hydrogen-bond acceptors (Lipinski definition) is 29. The third-order valence-corrected chi connectivity index (χ3v) is 23.7. The molecule has 0 bridgehead atoms. The Kier molecular flexibility index (Phi) is 31.1. The van der Waals surface area contributed by atoms with Gasteiger partial charge in [0.1, 0.15) is 34.4 Å². The number of carboxylic acids is 2. The van der Waals surface area contributed by atoms with E-state index in [9.17, 15) is 34.2 Å². The molecule has 0 unspecified atom stereocenters. The van der Waals surface area contributed by atoms with Gasteiger partial charge in [-0.2, -0.15) is 49.8 Å². The summed E-state index contributed by atoms with van der Waals surface area (Å²) in [6.07, 6.45) is 1.86. The Bertz CT molecular complexity index is 8080. The van der Waals surface area contributed by atoms with Gasteiger partial charge in [-0.15, -0.1) is 11.8 Å². The van der Waals surface area contributed by atoms with Crippen LogP contribution in [0.25, 0.3) is 142 Å². The van der Waals surface area contributed by atoms with Crippen molar-refractivity contribution >= 4 is 53.1 Å². The third-order valence-electron chi connectivity index (χ3n) is 22.6. The number of carboxylic acid groups (broad SMARTS) is 2. The fourth-order valence-electron chi connectivity index (χ4n) is 15.5. The normalized spacial score (nSPS) is 11.0. The van der Waals surface area contributed by atoms with Crippen LogP contribution in [0.4, 0.5) is 0 Å². The van der Waals surface area contributed by atoms with E-state index in [0.29, 0.717) is 62.6 Å². The molecule has 0 aliphatic rings. The van der Waals surface area contributed by atoms with Gasteiger partial charge >= 0.3 is 29.8 Å². The molecule has 20 aromatic rings. The first-order valence-electron chi connectivity index (χ1n) is 45.9. The van der Waals surface area contributed by atoms with Crippen molar-refractivity contribution in [3.63, 3.8) is 0 Å². The van der Waals surface area contributed by atoms with Crippen LogP contribution >= 0.6 is 23.3 Å². The first kappa shape index (κ1) is 100. The minimum Gasteiger partial charge on any atom is -0.476 e.